The predicted octanol–water partition coefficient (Wildman–Crippen LogP) is 2.99. The van der Waals surface area contributed by atoms with Gasteiger partial charge in [-0.1, -0.05) is 6.07 Å². The Kier molecular flexibility index (Phi) is 3.58. The molecule has 1 aromatic carbocycles. The van der Waals surface area contributed by atoms with Gasteiger partial charge < -0.3 is 10.1 Å². The fraction of sp³-hybridized carbons (Fsp3) is 0.462. The molecule has 0 aliphatic carbocycles. The molecule has 1 aromatic rings. The van der Waals surface area contributed by atoms with Gasteiger partial charge in [0.15, 0.2) is 0 Å². The van der Waals surface area contributed by atoms with Crippen molar-refractivity contribution < 1.29 is 9.53 Å². The quantitative estimate of drug-likeness (QED) is 0.780. The van der Waals surface area contributed by atoms with Gasteiger partial charge in [-0.15, -0.1) is 0 Å². The van der Waals surface area contributed by atoms with Crippen LogP contribution in [-0.4, -0.2) is 18.6 Å². The van der Waals surface area contributed by atoms with Gasteiger partial charge in [-0.3, -0.25) is 0 Å². The van der Waals surface area contributed by atoms with E-state index in [2.05, 4.69) is 5.32 Å². The van der Waals surface area contributed by atoms with Crippen LogP contribution in [-0.2, 0) is 4.74 Å². The largest absolute Gasteiger partial charge is 0.456 e. The molecular weight excluding hydrogens is 202 g/mol. The van der Waals surface area contributed by atoms with E-state index < -0.39 is 5.60 Å². The first kappa shape index (κ1) is 12.6. The average Bonchev–Trinajstić information content (AvgIpc) is 2.15. The standard InChI is InChI=1S/C13H19NO2/c1-9-6-7-10(8-11(9)14-5)12(15)16-13(2,3)4/h6-8,14H,1-5H3. The molecular formula is C13H19NO2. The van der Waals surface area contributed by atoms with E-state index in [9.17, 15) is 4.79 Å². The molecule has 0 saturated carbocycles. The van der Waals surface area contributed by atoms with Crippen molar-refractivity contribution in [1.82, 2.24) is 0 Å². The molecule has 16 heavy (non-hydrogen) atoms. The van der Waals surface area contributed by atoms with Crippen LogP contribution in [0.4, 0.5) is 5.69 Å². The van der Waals surface area contributed by atoms with Gasteiger partial charge >= 0.3 is 5.97 Å². The van der Waals surface area contributed by atoms with Crippen LogP contribution >= 0.6 is 0 Å². The summed E-state index contributed by atoms with van der Waals surface area (Å²) in [5, 5.41) is 3.05. The van der Waals surface area contributed by atoms with E-state index in [0.717, 1.165) is 11.3 Å². The third kappa shape index (κ3) is 3.26. The van der Waals surface area contributed by atoms with Crippen molar-refractivity contribution in [2.24, 2.45) is 0 Å². The number of rotatable bonds is 2. The van der Waals surface area contributed by atoms with Crippen molar-refractivity contribution in [1.29, 1.82) is 0 Å². The number of ether oxygens (including phenoxy) is 1. The lowest BCUT2D eigenvalue weighted by atomic mass is 10.1. The molecule has 1 rings (SSSR count). The molecule has 0 spiro atoms. The molecule has 0 radical (unpaired) electrons. The molecule has 0 aliphatic rings. The van der Waals surface area contributed by atoms with Crippen molar-refractivity contribution in [2.45, 2.75) is 33.3 Å². The Morgan fingerprint density at radius 1 is 1.31 bits per heavy atom. The highest BCUT2D eigenvalue weighted by molar-refractivity contribution is 5.91. The molecule has 0 fully saturated rings. The Morgan fingerprint density at radius 3 is 2.44 bits per heavy atom. The molecule has 1 N–H and O–H groups in total. The zero-order valence-corrected chi connectivity index (χ0v) is 10.5. The smallest absolute Gasteiger partial charge is 0.338 e. The van der Waals surface area contributed by atoms with Crippen molar-refractivity contribution in [2.75, 3.05) is 12.4 Å². The van der Waals surface area contributed by atoms with Gasteiger partial charge in [0.1, 0.15) is 5.60 Å². The lowest BCUT2D eigenvalue weighted by Gasteiger charge is -2.19. The normalized spacial score (nSPS) is 11.1. The fourth-order valence-electron chi connectivity index (χ4n) is 1.36. The van der Waals surface area contributed by atoms with Crippen LogP contribution in [0, 0.1) is 6.92 Å². The first-order chi connectivity index (χ1) is 7.33. The zero-order valence-electron chi connectivity index (χ0n) is 10.5. The van der Waals surface area contributed by atoms with E-state index in [1.807, 2.05) is 46.9 Å². The van der Waals surface area contributed by atoms with Crippen LogP contribution in [0.5, 0.6) is 0 Å². The molecule has 3 nitrogen and oxygen atoms in total. The van der Waals surface area contributed by atoms with E-state index in [4.69, 9.17) is 4.74 Å². The Balaban J connectivity index is 2.93. The topological polar surface area (TPSA) is 38.3 Å². The van der Waals surface area contributed by atoms with Crippen LogP contribution in [0.2, 0.25) is 0 Å². The number of aryl methyl sites for hydroxylation is 1. The highest BCUT2D eigenvalue weighted by atomic mass is 16.6. The van der Waals surface area contributed by atoms with E-state index in [-0.39, 0.29) is 5.97 Å². The summed E-state index contributed by atoms with van der Waals surface area (Å²) in [4.78, 5) is 11.8. The lowest BCUT2D eigenvalue weighted by molar-refractivity contribution is 0.00696. The van der Waals surface area contributed by atoms with Crippen molar-refractivity contribution >= 4 is 11.7 Å². The summed E-state index contributed by atoms with van der Waals surface area (Å²) in [6.07, 6.45) is 0. The van der Waals surface area contributed by atoms with Crippen LogP contribution in [0.15, 0.2) is 18.2 Å². The van der Waals surface area contributed by atoms with E-state index in [1.165, 1.54) is 0 Å². The molecule has 88 valence electrons. The van der Waals surface area contributed by atoms with Gasteiger partial charge in [0.2, 0.25) is 0 Å². The maximum absolute atomic E-state index is 11.8. The zero-order chi connectivity index (χ0) is 12.3. The highest BCUT2D eigenvalue weighted by Gasteiger charge is 2.18. The number of anilines is 1. The van der Waals surface area contributed by atoms with E-state index >= 15 is 0 Å². The number of nitrogens with one attached hydrogen (secondary N) is 1. The Morgan fingerprint density at radius 2 is 1.94 bits per heavy atom. The minimum absolute atomic E-state index is 0.288. The van der Waals surface area contributed by atoms with Crippen LogP contribution in [0.25, 0.3) is 0 Å². The molecule has 0 aliphatic heterocycles. The van der Waals surface area contributed by atoms with Crippen molar-refractivity contribution in [3.63, 3.8) is 0 Å². The monoisotopic (exact) mass is 221 g/mol. The Hall–Kier alpha value is -1.51. The summed E-state index contributed by atoms with van der Waals surface area (Å²) in [5.74, 6) is -0.288. The molecule has 0 saturated heterocycles. The van der Waals surface area contributed by atoms with Crippen LogP contribution in [0.1, 0.15) is 36.7 Å². The van der Waals surface area contributed by atoms with Crippen LogP contribution < -0.4 is 5.32 Å². The third-order valence-corrected chi connectivity index (χ3v) is 2.14. The molecule has 0 atom stereocenters. The third-order valence-electron chi connectivity index (χ3n) is 2.14. The highest BCUT2D eigenvalue weighted by Crippen LogP contribution is 2.18. The SMILES string of the molecule is CNc1cc(C(=O)OC(C)(C)C)ccc1C. The number of carbonyl (C=O) groups excluding carboxylic acids is 1. The van der Waals surface area contributed by atoms with Gasteiger partial charge in [0.25, 0.3) is 0 Å². The second-order valence-corrected chi connectivity index (χ2v) is 4.78. The molecule has 0 amide bonds. The summed E-state index contributed by atoms with van der Waals surface area (Å²) in [6.45, 7) is 7.57. The number of hydrogen-bond acceptors (Lipinski definition) is 3. The first-order valence-corrected chi connectivity index (χ1v) is 5.35. The lowest BCUT2D eigenvalue weighted by Crippen LogP contribution is -2.23. The van der Waals surface area contributed by atoms with Gasteiger partial charge in [0, 0.05) is 12.7 Å². The Bertz CT molecular complexity index is 391. The molecule has 0 heterocycles. The van der Waals surface area contributed by atoms with Crippen molar-refractivity contribution in [3.05, 3.63) is 29.3 Å². The second-order valence-electron chi connectivity index (χ2n) is 4.78. The number of benzene rings is 1. The summed E-state index contributed by atoms with van der Waals surface area (Å²) in [6, 6.07) is 5.50. The van der Waals surface area contributed by atoms with Gasteiger partial charge in [-0.2, -0.15) is 0 Å². The van der Waals surface area contributed by atoms with E-state index in [0.29, 0.717) is 5.56 Å². The molecule has 3 heteroatoms. The minimum atomic E-state index is -0.457. The Labute approximate surface area is 96.8 Å². The molecule has 0 unspecified atom stereocenters. The minimum Gasteiger partial charge on any atom is -0.456 e. The van der Waals surface area contributed by atoms with Gasteiger partial charge in [-0.05, 0) is 45.4 Å². The number of esters is 1. The van der Waals surface area contributed by atoms with Gasteiger partial charge in [-0.25, -0.2) is 4.79 Å². The number of carbonyl (C=O) groups is 1. The maximum Gasteiger partial charge on any atom is 0.338 e. The first-order valence-electron chi connectivity index (χ1n) is 5.35. The summed E-state index contributed by atoms with van der Waals surface area (Å²) >= 11 is 0. The van der Waals surface area contributed by atoms with E-state index in [1.54, 1.807) is 6.07 Å². The molecule has 0 bridgehead atoms. The van der Waals surface area contributed by atoms with Crippen molar-refractivity contribution in [3.8, 4) is 0 Å². The summed E-state index contributed by atoms with van der Waals surface area (Å²) in [7, 11) is 1.83. The van der Waals surface area contributed by atoms with Crippen LogP contribution in [0.3, 0.4) is 0 Å². The summed E-state index contributed by atoms with van der Waals surface area (Å²) < 4.78 is 5.30. The second kappa shape index (κ2) is 4.56. The average molecular weight is 221 g/mol. The fourth-order valence-corrected chi connectivity index (χ4v) is 1.36. The maximum atomic E-state index is 11.8. The summed E-state index contributed by atoms with van der Waals surface area (Å²) in [5.41, 5.74) is 2.17. The molecule has 0 aromatic heterocycles. The predicted molar refractivity (Wildman–Crippen MR) is 65.9 cm³/mol. The van der Waals surface area contributed by atoms with Gasteiger partial charge in [0.05, 0.1) is 5.56 Å². The number of hydrogen-bond donors (Lipinski definition) is 1.